The van der Waals surface area contributed by atoms with Gasteiger partial charge in [-0.2, -0.15) is 0 Å². The quantitative estimate of drug-likeness (QED) is 0.796. The number of nitrogens with two attached hydrogens (primary N) is 1. The molecular formula is C14H18FN3. The van der Waals surface area contributed by atoms with Crippen molar-refractivity contribution >= 4 is 5.96 Å². The highest BCUT2D eigenvalue weighted by atomic mass is 19.1. The second-order valence-electron chi connectivity index (χ2n) is 5.47. The molecule has 1 heterocycles. The van der Waals surface area contributed by atoms with Gasteiger partial charge in [-0.15, -0.1) is 0 Å². The Morgan fingerprint density at radius 3 is 2.89 bits per heavy atom. The highest BCUT2D eigenvalue weighted by Crippen LogP contribution is 2.42. The minimum Gasteiger partial charge on any atom is -0.370 e. The predicted molar refractivity (Wildman–Crippen MR) is 70.0 cm³/mol. The monoisotopic (exact) mass is 247 g/mol. The number of fused-ring (bicyclic) bond motifs is 1. The van der Waals surface area contributed by atoms with Crippen LogP contribution in [0.4, 0.5) is 4.39 Å². The zero-order valence-electron chi connectivity index (χ0n) is 10.7. The fourth-order valence-electron chi connectivity index (χ4n) is 3.31. The Morgan fingerprint density at radius 1 is 1.44 bits per heavy atom. The number of aliphatic imine (C=N–C) groups is 1. The summed E-state index contributed by atoms with van der Waals surface area (Å²) >= 11 is 0. The number of benzene rings is 1. The van der Waals surface area contributed by atoms with Gasteiger partial charge in [0.15, 0.2) is 5.96 Å². The lowest BCUT2D eigenvalue weighted by molar-refractivity contribution is 0.475. The van der Waals surface area contributed by atoms with E-state index in [1.807, 2.05) is 19.1 Å². The summed E-state index contributed by atoms with van der Waals surface area (Å²) in [5.41, 5.74) is 7.63. The third kappa shape index (κ3) is 1.67. The molecule has 3 nitrogen and oxygen atoms in total. The molecule has 3 rings (SSSR count). The number of hydrogen-bond acceptors (Lipinski definition) is 3. The Morgan fingerprint density at radius 2 is 2.22 bits per heavy atom. The number of nitrogens with zero attached hydrogens (tertiary/aromatic N) is 1. The molecule has 0 spiro atoms. The van der Waals surface area contributed by atoms with Crippen LogP contribution in [-0.2, 0) is 0 Å². The fourth-order valence-corrected chi connectivity index (χ4v) is 3.31. The maximum Gasteiger partial charge on any atom is 0.189 e. The Labute approximate surface area is 106 Å². The van der Waals surface area contributed by atoms with E-state index in [4.69, 9.17) is 5.73 Å². The molecule has 0 amide bonds. The summed E-state index contributed by atoms with van der Waals surface area (Å²) in [5, 5.41) is 3.23. The van der Waals surface area contributed by atoms with Crippen molar-refractivity contribution in [1.29, 1.82) is 0 Å². The van der Waals surface area contributed by atoms with E-state index in [1.54, 1.807) is 6.07 Å². The first-order chi connectivity index (χ1) is 8.56. The van der Waals surface area contributed by atoms with E-state index in [0.29, 0.717) is 29.4 Å². The Kier molecular flexibility index (Phi) is 2.54. The number of guanidine groups is 1. The van der Waals surface area contributed by atoms with Gasteiger partial charge in [0, 0.05) is 0 Å². The van der Waals surface area contributed by atoms with Crippen LogP contribution >= 0.6 is 0 Å². The van der Waals surface area contributed by atoms with E-state index in [2.05, 4.69) is 17.2 Å². The van der Waals surface area contributed by atoms with E-state index in [-0.39, 0.29) is 11.9 Å². The fraction of sp³-hybridized carbons (Fsp3) is 0.500. The van der Waals surface area contributed by atoms with Crippen molar-refractivity contribution in [2.45, 2.75) is 38.3 Å². The SMILES string of the molecule is Cc1cc([C@H]2CC3NC(N)=NC3[C@H]2C)ccc1F. The second-order valence-corrected chi connectivity index (χ2v) is 5.47. The molecule has 1 saturated carbocycles. The van der Waals surface area contributed by atoms with E-state index in [1.165, 1.54) is 5.56 Å². The first kappa shape index (κ1) is 11.5. The highest BCUT2D eigenvalue weighted by Gasteiger charge is 2.44. The third-order valence-electron chi connectivity index (χ3n) is 4.33. The summed E-state index contributed by atoms with van der Waals surface area (Å²) in [5.74, 6) is 1.30. The Hall–Kier alpha value is -1.58. The summed E-state index contributed by atoms with van der Waals surface area (Å²) in [6.45, 7) is 4.02. The molecule has 4 heteroatoms. The molecule has 2 aliphatic rings. The first-order valence-electron chi connectivity index (χ1n) is 6.42. The molecule has 0 bridgehead atoms. The normalized spacial score (nSPS) is 34.1. The Balaban J connectivity index is 1.88. The molecule has 1 fully saturated rings. The molecule has 0 saturated heterocycles. The highest BCUT2D eigenvalue weighted by molar-refractivity contribution is 5.80. The second kappa shape index (κ2) is 3.97. The predicted octanol–water partition coefficient (Wildman–Crippen LogP) is 1.91. The van der Waals surface area contributed by atoms with E-state index in [0.717, 1.165) is 6.42 Å². The molecule has 4 atom stereocenters. The zero-order valence-corrected chi connectivity index (χ0v) is 10.7. The van der Waals surface area contributed by atoms with Crippen molar-refractivity contribution in [3.63, 3.8) is 0 Å². The van der Waals surface area contributed by atoms with Gasteiger partial charge in [-0.25, -0.2) is 9.38 Å². The maximum atomic E-state index is 13.3. The van der Waals surface area contributed by atoms with Crippen molar-refractivity contribution in [1.82, 2.24) is 5.32 Å². The maximum absolute atomic E-state index is 13.3. The topological polar surface area (TPSA) is 50.4 Å². The average molecular weight is 247 g/mol. The van der Waals surface area contributed by atoms with E-state index >= 15 is 0 Å². The number of hydrogen-bond donors (Lipinski definition) is 2. The van der Waals surface area contributed by atoms with Crippen LogP contribution in [0.25, 0.3) is 0 Å². The van der Waals surface area contributed by atoms with Crippen molar-refractivity contribution in [2.75, 3.05) is 0 Å². The van der Waals surface area contributed by atoms with Crippen LogP contribution in [0.2, 0.25) is 0 Å². The summed E-state index contributed by atoms with van der Waals surface area (Å²) < 4.78 is 13.3. The van der Waals surface area contributed by atoms with Gasteiger partial charge < -0.3 is 11.1 Å². The molecular weight excluding hydrogens is 229 g/mol. The summed E-state index contributed by atoms with van der Waals surface area (Å²) in [6.07, 6.45) is 1.01. The number of rotatable bonds is 1. The zero-order chi connectivity index (χ0) is 12.9. The third-order valence-corrected chi connectivity index (χ3v) is 4.33. The van der Waals surface area contributed by atoms with Crippen molar-refractivity contribution in [2.24, 2.45) is 16.6 Å². The minimum absolute atomic E-state index is 0.134. The smallest absolute Gasteiger partial charge is 0.189 e. The van der Waals surface area contributed by atoms with Gasteiger partial charge in [0.1, 0.15) is 5.82 Å². The van der Waals surface area contributed by atoms with Crippen LogP contribution < -0.4 is 11.1 Å². The van der Waals surface area contributed by atoms with Crippen molar-refractivity contribution in [3.05, 3.63) is 35.1 Å². The first-order valence-corrected chi connectivity index (χ1v) is 6.42. The average Bonchev–Trinajstić information content (AvgIpc) is 2.82. The lowest BCUT2D eigenvalue weighted by Crippen LogP contribution is -2.35. The lowest BCUT2D eigenvalue weighted by Gasteiger charge is -2.18. The molecule has 18 heavy (non-hydrogen) atoms. The lowest BCUT2D eigenvalue weighted by atomic mass is 9.88. The van der Waals surface area contributed by atoms with Crippen LogP contribution in [0.1, 0.15) is 30.4 Å². The van der Waals surface area contributed by atoms with Crippen LogP contribution in [0.3, 0.4) is 0 Å². The molecule has 3 N–H and O–H groups in total. The van der Waals surface area contributed by atoms with Crippen LogP contribution in [-0.4, -0.2) is 18.0 Å². The summed E-state index contributed by atoms with van der Waals surface area (Å²) in [6, 6.07) is 6.04. The molecule has 2 unspecified atom stereocenters. The molecule has 0 radical (unpaired) electrons. The Bertz CT molecular complexity index is 512. The summed E-state index contributed by atoms with van der Waals surface area (Å²) in [4.78, 5) is 4.46. The van der Waals surface area contributed by atoms with Gasteiger partial charge in [0.05, 0.1) is 12.1 Å². The van der Waals surface area contributed by atoms with Gasteiger partial charge >= 0.3 is 0 Å². The molecule has 96 valence electrons. The van der Waals surface area contributed by atoms with Gasteiger partial charge in [-0.3, -0.25) is 0 Å². The van der Waals surface area contributed by atoms with Crippen molar-refractivity contribution in [3.8, 4) is 0 Å². The summed E-state index contributed by atoms with van der Waals surface area (Å²) in [7, 11) is 0. The molecule has 1 aliphatic heterocycles. The molecule has 0 aromatic heterocycles. The van der Waals surface area contributed by atoms with E-state index < -0.39 is 0 Å². The number of nitrogens with one attached hydrogen (secondary N) is 1. The van der Waals surface area contributed by atoms with Crippen molar-refractivity contribution < 1.29 is 4.39 Å². The minimum atomic E-state index is -0.134. The van der Waals surface area contributed by atoms with Gasteiger partial charge in [0.2, 0.25) is 0 Å². The van der Waals surface area contributed by atoms with Gasteiger partial charge in [0.25, 0.3) is 0 Å². The van der Waals surface area contributed by atoms with Gasteiger partial charge in [-0.05, 0) is 42.4 Å². The largest absolute Gasteiger partial charge is 0.370 e. The molecule has 1 aliphatic carbocycles. The van der Waals surface area contributed by atoms with Crippen LogP contribution in [0.5, 0.6) is 0 Å². The molecule has 1 aromatic carbocycles. The standard InChI is InChI=1S/C14H18FN3/c1-7-5-9(3-4-11(7)15)10-6-12-13(8(10)2)18-14(16)17-12/h3-5,8,10,12-13H,6H2,1-2H3,(H3,16,17,18)/t8-,10-,12?,13?/m0/s1. The van der Waals surface area contributed by atoms with Crippen LogP contribution in [0.15, 0.2) is 23.2 Å². The molecule has 1 aromatic rings. The van der Waals surface area contributed by atoms with Crippen LogP contribution in [0, 0.1) is 18.7 Å². The van der Waals surface area contributed by atoms with Gasteiger partial charge in [-0.1, -0.05) is 19.1 Å². The number of aryl methyl sites for hydroxylation is 1. The van der Waals surface area contributed by atoms with E-state index in [9.17, 15) is 4.39 Å². The number of halogens is 1.